The second kappa shape index (κ2) is 12.2. The van der Waals surface area contributed by atoms with Crippen LogP contribution in [0.5, 0.6) is 0 Å². The Morgan fingerprint density at radius 3 is 1.72 bits per heavy atom. The summed E-state index contributed by atoms with van der Waals surface area (Å²) >= 11 is 0. The molecule has 1 aliphatic carbocycles. The van der Waals surface area contributed by atoms with Gasteiger partial charge in [-0.1, -0.05) is 107 Å². The average molecular weight is 551 g/mol. The second-order valence-corrected chi connectivity index (χ2v) is 16.7. The Hall–Kier alpha value is -2.70. The first-order valence-corrected chi connectivity index (χ1v) is 16.0. The molecule has 212 valence electrons. The van der Waals surface area contributed by atoms with Crippen LogP contribution < -0.4 is 10.4 Å². The molecule has 0 bridgehead atoms. The van der Waals surface area contributed by atoms with Crippen molar-refractivity contribution in [3.05, 3.63) is 72.8 Å². The summed E-state index contributed by atoms with van der Waals surface area (Å²) in [6.45, 7) is 21.4. The van der Waals surface area contributed by atoms with E-state index in [2.05, 4.69) is 89.7 Å². The Morgan fingerprint density at radius 1 is 0.923 bits per heavy atom. The maximum atomic E-state index is 13.2. The van der Waals surface area contributed by atoms with Gasteiger partial charge in [0.15, 0.2) is 5.92 Å². The maximum absolute atomic E-state index is 13.2. The minimum Gasteiger partial charge on any atom is -0.465 e. The fraction of sp³-hybridized carbons (Fsp3) is 0.515. The van der Waals surface area contributed by atoms with Gasteiger partial charge in [-0.05, 0) is 53.9 Å². The number of ether oxygens (including phenoxy) is 2. The SMILES string of the molecule is C=C(C)[C@@H]1[C@@H](O[Si](c2ccccc2)(c2ccccc2)C(C)(C)C)C(C)(C)C[C@H]1C(C(=O)OCC)C(=O)OCC. The molecule has 0 heterocycles. The molecule has 3 rings (SSSR count). The molecule has 3 atom stereocenters. The molecule has 39 heavy (non-hydrogen) atoms. The van der Waals surface area contributed by atoms with Crippen molar-refractivity contribution in [3.63, 3.8) is 0 Å². The minimum absolute atomic E-state index is 0.199. The number of carbonyl (C=O) groups is 2. The fourth-order valence-corrected chi connectivity index (χ4v) is 11.4. The molecular formula is C33H46O5Si. The topological polar surface area (TPSA) is 61.8 Å². The van der Waals surface area contributed by atoms with Crippen LogP contribution in [-0.2, 0) is 23.5 Å². The zero-order valence-electron chi connectivity index (χ0n) is 25.0. The van der Waals surface area contributed by atoms with Gasteiger partial charge < -0.3 is 13.9 Å². The molecule has 0 aliphatic heterocycles. The lowest BCUT2D eigenvalue weighted by molar-refractivity contribution is -0.165. The smallest absolute Gasteiger partial charge is 0.320 e. The highest BCUT2D eigenvalue weighted by Crippen LogP contribution is 2.54. The van der Waals surface area contributed by atoms with Gasteiger partial charge in [-0.15, -0.1) is 0 Å². The quantitative estimate of drug-likeness (QED) is 0.159. The summed E-state index contributed by atoms with van der Waals surface area (Å²) in [7, 11) is -2.91. The number of esters is 2. The molecule has 1 fully saturated rings. The first-order chi connectivity index (χ1) is 18.3. The van der Waals surface area contributed by atoms with E-state index in [-0.39, 0.29) is 41.6 Å². The highest BCUT2D eigenvalue weighted by atomic mass is 28.4. The van der Waals surface area contributed by atoms with Crippen molar-refractivity contribution in [2.45, 2.75) is 73.0 Å². The number of hydrogen-bond acceptors (Lipinski definition) is 5. The van der Waals surface area contributed by atoms with Crippen molar-refractivity contribution in [1.29, 1.82) is 0 Å². The van der Waals surface area contributed by atoms with Gasteiger partial charge in [0.1, 0.15) is 0 Å². The van der Waals surface area contributed by atoms with Gasteiger partial charge in [0.2, 0.25) is 0 Å². The van der Waals surface area contributed by atoms with Crippen molar-refractivity contribution >= 4 is 30.6 Å². The van der Waals surface area contributed by atoms with Gasteiger partial charge in [-0.25, -0.2) is 0 Å². The van der Waals surface area contributed by atoms with Gasteiger partial charge in [-0.2, -0.15) is 0 Å². The van der Waals surface area contributed by atoms with E-state index < -0.39 is 26.2 Å². The van der Waals surface area contributed by atoms with Crippen LogP contribution >= 0.6 is 0 Å². The van der Waals surface area contributed by atoms with Crippen LogP contribution in [0.15, 0.2) is 72.8 Å². The molecule has 0 saturated heterocycles. The molecule has 0 N–H and O–H groups in total. The highest BCUT2D eigenvalue weighted by molar-refractivity contribution is 6.99. The predicted molar refractivity (Wildman–Crippen MR) is 159 cm³/mol. The van der Waals surface area contributed by atoms with Crippen LogP contribution in [-0.4, -0.2) is 39.6 Å². The normalized spacial score (nSPS) is 21.0. The molecule has 0 aromatic heterocycles. The zero-order chi connectivity index (χ0) is 29.0. The first kappa shape index (κ1) is 30.8. The number of benzene rings is 2. The monoisotopic (exact) mass is 550 g/mol. The summed E-state index contributed by atoms with van der Waals surface area (Å²) in [6.07, 6.45) is 0.327. The molecule has 5 nitrogen and oxygen atoms in total. The molecule has 0 radical (unpaired) electrons. The van der Waals surface area contributed by atoms with Crippen LogP contribution in [0.25, 0.3) is 0 Å². The van der Waals surface area contributed by atoms with E-state index in [4.69, 9.17) is 13.9 Å². The van der Waals surface area contributed by atoms with Crippen LogP contribution in [0.2, 0.25) is 5.04 Å². The van der Waals surface area contributed by atoms with Crippen LogP contribution in [0, 0.1) is 23.2 Å². The molecule has 0 amide bonds. The van der Waals surface area contributed by atoms with Gasteiger partial charge in [0.05, 0.1) is 19.3 Å². The Labute approximate surface area is 236 Å². The lowest BCUT2D eigenvalue weighted by Crippen LogP contribution is -2.68. The molecule has 0 spiro atoms. The first-order valence-electron chi connectivity index (χ1n) is 14.1. The summed E-state index contributed by atoms with van der Waals surface area (Å²) in [6, 6.07) is 21.1. The van der Waals surface area contributed by atoms with Crippen molar-refractivity contribution < 1.29 is 23.5 Å². The van der Waals surface area contributed by atoms with E-state index >= 15 is 0 Å². The summed E-state index contributed by atoms with van der Waals surface area (Å²) < 4.78 is 18.5. The van der Waals surface area contributed by atoms with Gasteiger partial charge in [-0.3, -0.25) is 9.59 Å². The zero-order valence-corrected chi connectivity index (χ0v) is 26.0. The maximum Gasteiger partial charge on any atom is 0.320 e. The van der Waals surface area contributed by atoms with Crippen molar-refractivity contribution in [2.24, 2.45) is 23.2 Å². The highest BCUT2D eigenvalue weighted by Gasteiger charge is 2.60. The standard InChI is InChI=1S/C33H46O5Si/c1-10-36-30(34)28(31(35)37-11-2)26-22-33(8,9)29(27(26)23(3)4)38-39(32(5,6)7,24-18-14-12-15-19-24)25-20-16-13-17-21-25/h12-21,26-29H,3,10-11,22H2,1-2,4-9H3/t26-,27+,29-/m1/s1. The third-order valence-electron chi connectivity index (χ3n) is 8.12. The largest absolute Gasteiger partial charge is 0.465 e. The number of carbonyl (C=O) groups excluding carboxylic acids is 2. The Balaban J connectivity index is 2.23. The van der Waals surface area contributed by atoms with E-state index in [0.717, 1.165) is 5.57 Å². The van der Waals surface area contributed by atoms with Crippen molar-refractivity contribution in [1.82, 2.24) is 0 Å². The van der Waals surface area contributed by atoms with Crippen molar-refractivity contribution in [2.75, 3.05) is 13.2 Å². The lowest BCUT2D eigenvalue weighted by atomic mass is 9.80. The van der Waals surface area contributed by atoms with Crippen molar-refractivity contribution in [3.8, 4) is 0 Å². The number of hydrogen-bond donors (Lipinski definition) is 0. The Bertz CT molecular complexity index is 1080. The predicted octanol–water partition coefficient (Wildman–Crippen LogP) is 5.91. The summed E-state index contributed by atoms with van der Waals surface area (Å²) in [4.78, 5) is 26.5. The van der Waals surface area contributed by atoms with Crippen LogP contribution in [0.1, 0.15) is 61.8 Å². The Morgan fingerprint density at radius 2 is 1.36 bits per heavy atom. The van der Waals surface area contributed by atoms with Gasteiger partial charge in [0, 0.05) is 5.92 Å². The molecule has 2 aromatic rings. The van der Waals surface area contributed by atoms with E-state index in [1.165, 1.54) is 10.4 Å². The third-order valence-corrected chi connectivity index (χ3v) is 13.1. The molecule has 6 heteroatoms. The second-order valence-electron chi connectivity index (χ2n) is 12.4. The summed E-state index contributed by atoms with van der Waals surface area (Å²) in [5, 5.41) is 2.16. The molecule has 1 aliphatic rings. The van der Waals surface area contributed by atoms with Gasteiger partial charge >= 0.3 is 11.9 Å². The molecule has 1 saturated carbocycles. The lowest BCUT2D eigenvalue weighted by Gasteiger charge is -2.48. The van der Waals surface area contributed by atoms with E-state index in [1.54, 1.807) is 13.8 Å². The Kier molecular flexibility index (Phi) is 9.66. The van der Waals surface area contributed by atoms with Crippen LogP contribution in [0.4, 0.5) is 0 Å². The molecular weight excluding hydrogens is 504 g/mol. The van der Waals surface area contributed by atoms with E-state index in [0.29, 0.717) is 6.42 Å². The van der Waals surface area contributed by atoms with Gasteiger partial charge in [0.25, 0.3) is 8.32 Å². The van der Waals surface area contributed by atoms with E-state index in [9.17, 15) is 9.59 Å². The van der Waals surface area contributed by atoms with Crippen LogP contribution in [0.3, 0.4) is 0 Å². The minimum atomic E-state index is -2.91. The third kappa shape index (κ3) is 6.07. The molecule has 0 unspecified atom stereocenters. The number of rotatable bonds is 10. The summed E-state index contributed by atoms with van der Waals surface area (Å²) in [5.41, 5.74) is 0.547. The molecule has 2 aromatic carbocycles. The van der Waals surface area contributed by atoms with E-state index in [1.807, 2.05) is 19.1 Å². The fourth-order valence-electron chi connectivity index (χ4n) is 6.53. The summed E-state index contributed by atoms with van der Waals surface area (Å²) in [5.74, 6) is -2.68. The average Bonchev–Trinajstić information content (AvgIpc) is 3.12.